The molecule has 0 spiro atoms. The van der Waals surface area contributed by atoms with Gasteiger partial charge in [0.25, 0.3) is 5.09 Å². The molecule has 15 nitrogen and oxygen atoms in total. The first-order chi connectivity index (χ1) is 22.0. The topological polar surface area (TPSA) is 211 Å². The van der Waals surface area contributed by atoms with Crippen molar-refractivity contribution in [2.75, 3.05) is 40.8 Å². The molecular formula is C32H54N4O11. The number of aliphatic hydroxyl groups is 1. The summed E-state index contributed by atoms with van der Waals surface area (Å²) in [5.74, 6) is -0.642. The van der Waals surface area contributed by atoms with Crippen molar-refractivity contribution >= 4 is 17.9 Å². The molecule has 1 aromatic rings. The van der Waals surface area contributed by atoms with Gasteiger partial charge in [-0.2, -0.15) is 0 Å². The minimum Gasteiger partial charge on any atom is -0.493 e. The Kier molecular flexibility index (Phi) is 17.9. The predicted molar refractivity (Wildman–Crippen MR) is 173 cm³/mol. The minimum absolute atomic E-state index is 0.0142. The van der Waals surface area contributed by atoms with E-state index in [1.54, 1.807) is 28.1 Å². The zero-order valence-corrected chi connectivity index (χ0v) is 28.9. The monoisotopic (exact) mass is 670 g/mol. The molecule has 4 unspecified atom stereocenters. The van der Waals surface area contributed by atoms with Crippen molar-refractivity contribution in [3.8, 4) is 11.5 Å². The van der Waals surface area contributed by atoms with Crippen LogP contribution in [0.5, 0.6) is 11.5 Å². The van der Waals surface area contributed by atoms with E-state index >= 15 is 0 Å². The maximum absolute atomic E-state index is 13.2. The van der Waals surface area contributed by atoms with Gasteiger partial charge in [-0.15, -0.1) is 10.1 Å². The van der Waals surface area contributed by atoms with Crippen molar-refractivity contribution < 1.29 is 48.4 Å². The molecule has 0 aliphatic heterocycles. The number of nitrogens with one attached hydrogen (secondary N) is 2. The number of hydrogen-bond acceptors (Lipinski definition) is 11. The van der Waals surface area contributed by atoms with E-state index in [9.17, 15) is 29.6 Å². The summed E-state index contributed by atoms with van der Waals surface area (Å²) in [6.45, 7) is 11.0. The number of carbonyl (C=O) groups is 3. The number of methoxy groups -OCH3 is 2. The summed E-state index contributed by atoms with van der Waals surface area (Å²) in [5.41, 5.74) is 5.41. The molecule has 0 heterocycles. The first kappa shape index (κ1) is 41.2. The molecule has 0 fully saturated rings. The van der Waals surface area contributed by atoms with Crippen LogP contribution in [0.4, 0.5) is 4.79 Å². The summed E-state index contributed by atoms with van der Waals surface area (Å²) in [7, 11) is 3.18. The molecule has 47 heavy (non-hydrogen) atoms. The number of ether oxygens (including phenoxy) is 4. The Balaban J connectivity index is 3.24. The lowest BCUT2D eigenvalue weighted by Gasteiger charge is -2.32. The van der Waals surface area contributed by atoms with E-state index < -0.39 is 47.4 Å². The minimum atomic E-state index is -1.21. The second-order valence-corrected chi connectivity index (χ2v) is 12.9. The molecular weight excluding hydrogens is 616 g/mol. The van der Waals surface area contributed by atoms with Crippen molar-refractivity contribution in [2.45, 2.75) is 79.4 Å². The molecule has 268 valence electrons. The predicted octanol–water partition coefficient (Wildman–Crippen LogP) is 3.23. The Morgan fingerprint density at radius 1 is 1.04 bits per heavy atom. The first-order valence-electron chi connectivity index (χ1n) is 15.8. The van der Waals surface area contributed by atoms with Crippen LogP contribution >= 0.6 is 0 Å². The van der Waals surface area contributed by atoms with Crippen LogP contribution in [0.25, 0.3) is 0 Å². The number of benzene rings is 1. The Labute approximate surface area is 277 Å². The number of nitrogens with zero attached hydrogens (tertiary/aromatic N) is 1. The largest absolute Gasteiger partial charge is 0.493 e. The second-order valence-electron chi connectivity index (χ2n) is 12.9. The van der Waals surface area contributed by atoms with Crippen LogP contribution in [0.15, 0.2) is 18.2 Å². The van der Waals surface area contributed by atoms with Crippen molar-refractivity contribution in [2.24, 2.45) is 34.8 Å². The third-order valence-electron chi connectivity index (χ3n) is 8.10. The number of carbonyl (C=O) groups excluding carboxylic acids is 3. The number of aliphatic hydroxyl groups excluding tert-OH is 1. The van der Waals surface area contributed by atoms with Crippen molar-refractivity contribution in [1.29, 1.82) is 0 Å². The van der Waals surface area contributed by atoms with E-state index in [1.165, 1.54) is 0 Å². The van der Waals surface area contributed by atoms with E-state index in [0.717, 1.165) is 5.56 Å². The SMILES string of the molecule is COCCCOc1cc(CC(CC(NC(=O)OCO[N+](=O)[O-])C(O)CC(C(=O)NCC(C)(C)C(N)=O)C(C)C)C(C)C)ccc1OC. The van der Waals surface area contributed by atoms with Crippen LogP contribution in [0.1, 0.15) is 66.4 Å². The number of primary amides is 1. The van der Waals surface area contributed by atoms with Crippen molar-refractivity contribution in [1.82, 2.24) is 10.6 Å². The van der Waals surface area contributed by atoms with Gasteiger partial charge >= 0.3 is 6.09 Å². The summed E-state index contributed by atoms with van der Waals surface area (Å²) in [6, 6.07) is 4.74. The lowest BCUT2D eigenvalue weighted by Crippen LogP contribution is -2.49. The Hall–Kier alpha value is -3.85. The third kappa shape index (κ3) is 15.1. The zero-order valence-electron chi connectivity index (χ0n) is 28.9. The Bertz CT molecular complexity index is 1150. The highest BCUT2D eigenvalue weighted by atomic mass is 17.0. The van der Waals surface area contributed by atoms with E-state index in [1.807, 2.05) is 45.9 Å². The average Bonchev–Trinajstić information content (AvgIpc) is 2.99. The fourth-order valence-electron chi connectivity index (χ4n) is 4.83. The number of alkyl carbamates (subject to hydrolysis) is 1. The summed E-state index contributed by atoms with van der Waals surface area (Å²) in [4.78, 5) is 52.2. The molecule has 1 rings (SSSR count). The van der Waals surface area contributed by atoms with Gasteiger partial charge in [-0.05, 0) is 68.6 Å². The molecule has 0 aromatic heterocycles. The van der Waals surface area contributed by atoms with Gasteiger partial charge < -0.3 is 40.4 Å². The molecule has 1 aromatic carbocycles. The lowest BCUT2D eigenvalue weighted by molar-refractivity contribution is -0.765. The fraction of sp³-hybridized carbons (Fsp3) is 0.719. The summed E-state index contributed by atoms with van der Waals surface area (Å²) in [5, 5.41) is 26.3. The zero-order chi connectivity index (χ0) is 35.7. The van der Waals surface area contributed by atoms with Gasteiger partial charge in [-0.25, -0.2) is 4.79 Å². The van der Waals surface area contributed by atoms with Crippen LogP contribution in [0.2, 0.25) is 0 Å². The quantitative estimate of drug-likeness (QED) is 0.0575. The van der Waals surface area contributed by atoms with Crippen LogP contribution in [0, 0.1) is 39.2 Å². The number of hydrogen-bond donors (Lipinski definition) is 4. The molecule has 5 N–H and O–H groups in total. The maximum atomic E-state index is 13.2. The van der Waals surface area contributed by atoms with Gasteiger partial charge in [0, 0.05) is 32.6 Å². The molecule has 0 radical (unpaired) electrons. The highest BCUT2D eigenvalue weighted by molar-refractivity contribution is 5.83. The van der Waals surface area contributed by atoms with Crippen molar-refractivity contribution in [3.05, 3.63) is 33.9 Å². The number of amides is 3. The van der Waals surface area contributed by atoms with Crippen molar-refractivity contribution in [3.63, 3.8) is 0 Å². The normalized spacial score (nSPS) is 14.1. The van der Waals surface area contributed by atoms with Gasteiger partial charge in [0.2, 0.25) is 18.6 Å². The Morgan fingerprint density at radius 2 is 1.72 bits per heavy atom. The maximum Gasteiger partial charge on any atom is 0.409 e. The van der Waals surface area contributed by atoms with E-state index in [-0.39, 0.29) is 43.0 Å². The second kappa shape index (κ2) is 20.4. The molecule has 15 heteroatoms. The van der Waals surface area contributed by atoms with Gasteiger partial charge in [-0.3, -0.25) is 14.4 Å². The average molecular weight is 671 g/mol. The molecule has 0 saturated heterocycles. The first-order valence-corrected chi connectivity index (χ1v) is 15.8. The highest BCUT2D eigenvalue weighted by Gasteiger charge is 2.34. The van der Waals surface area contributed by atoms with Gasteiger partial charge in [0.05, 0.1) is 31.3 Å². The van der Waals surface area contributed by atoms with Crippen LogP contribution in [0.3, 0.4) is 0 Å². The van der Waals surface area contributed by atoms with Crippen LogP contribution in [-0.4, -0.2) is 81.0 Å². The molecule has 0 saturated carbocycles. The van der Waals surface area contributed by atoms with Crippen LogP contribution in [-0.2, 0) is 30.3 Å². The summed E-state index contributed by atoms with van der Waals surface area (Å²) < 4.78 is 21.3. The number of nitrogens with two attached hydrogens (primary N) is 1. The molecule has 0 bridgehead atoms. The standard InChI is InChI=1S/C32H54N4O11/c1-20(2)23(14-22-10-11-27(44-8)28(15-22)45-13-9-12-43-7)16-25(35-31(40)46-19-47-36(41)42)26(37)17-24(21(3)4)29(38)34-18-32(5,6)30(33)39/h10-11,15,20-21,23-26,37H,9,12-14,16-19H2,1-8H3,(H2,33,39)(H,34,38)(H,35,40). The van der Waals surface area contributed by atoms with Crippen LogP contribution < -0.4 is 25.8 Å². The highest BCUT2D eigenvalue weighted by Crippen LogP contribution is 2.32. The Morgan fingerprint density at radius 3 is 2.28 bits per heavy atom. The van der Waals surface area contributed by atoms with E-state index in [2.05, 4.69) is 15.5 Å². The molecule has 4 atom stereocenters. The fourth-order valence-corrected chi connectivity index (χ4v) is 4.83. The third-order valence-corrected chi connectivity index (χ3v) is 8.10. The summed E-state index contributed by atoms with van der Waals surface area (Å²) in [6.07, 6.45) is -0.728. The lowest BCUT2D eigenvalue weighted by atomic mass is 9.80. The molecule has 0 aliphatic carbocycles. The molecule has 3 amide bonds. The smallest absolute Gasteiger partial charge is 0.409 e. The van der Waals surface area contributed by atoms with Gasteiger partial charge in [0.15, 0.2) is 11.5 Å². The van der Waals surface area contributed by atoms with Gasteiger partial charge in [-0.1, -0.05) is 33.8 Å². The van der Waals surface area contributed by atoms with E-state index in [4.69, 9.17) is 24.7 Å². The molecule has 0 aliphatic rings. The van der Waals surface area contributed by atoms with E-state index in [0.29, 0.717) is 37.6 Å². The number of rotatable bonds is 23. The summed E-state index contributed by atoms with van der Waals surface area (Å²) >= 11 is 0. The van der Waals surface area contributed by atoms with Gasteiger partial charge in [0.1, 0.15) is 0 Å².